The Balaban J connectivity index is 2.07. The summed E-state index contributed by atoms with van der Waals surface area (Å²) in [5, 5.41) is 2.52. The molecule has 0 aliphatic rings. The Morgan fingerprint density at radius 1 is 0.952 bits per heavy atom. The number of thiazole rings is 1. The molecule has 0 saturated carbocycles. The minimum absolute atomic E-state index is 0.0931. The Bertz CT molecular complexity index is 817. The van der Waals surface area contributed by atoms with Crippen LogP contribution in [-0.2, 0) is 0 Å². The Morgan fingerprint density at radius 3 is 2.48 bits per heavy atom. The van der Waals surface area contributed by atoms with Crippen LogP contribution in [0.1, 0.15) is 0 Å². The Kier molecular flexibility index (Phi) is 4.19. The third kappa shape index (κ3) is 2.80. The van der Waals surface area contributed by atoms with Crippen LogP contribution in [0.3, 0.4) is 0 Å². The molecule has 6 heteroatoms. The lowest BCUT2D eigenvalue weighted by Crippen LogP contribution is -1.89. The topological polar surface area (TPSA) is 12.9 Å². The van der Waals surface area contributed by atoms with Crippen molar-refractivity contribution in [3.8, 4) is 21.8 Å². The number of halogens is 4. The lowest BCUT2D eigenvalue weighted by atomic mass is 10.2. The largest absolute Gasteiger partial charge is 0.236 e. The fourth-order valence-corrected chi connectivity index (χ4v) is 3.86. The van der Waals surface area contributed by atoms with Crippen LogP contribution >= 0.6 is 43.2 Å². The van der Waals surface area contributed by atoms with E-state index >= 15 is 0 Å². The number of hydrogen-bond donors (Lipinski definition) is 0. The highest BCUT2D eigenvalue weighted by molar-refractivity contribution is 9.11. The summed E-state index contributed by atoms with van der Waals surface area (Å²) in [6.45, 7) is 0. The normalized spacial score (nSPS) is 10.9. The molecule has 0 aliphatic heterocycles. The first-order valence-corrected chi connectivity index (χ1v) is 8.39. The van der Waals surface area contributed by atoms with E-state index < -0.39 is 11.6 Å². The van der Waals surface area contributed by atoms with Gasteiger partial charge >= 0.3 is 0 Å². The van der Waals surface area contributed by atoms with Gasteiger partial charge in [-0.25, -0.2) is 13.8 Å². The number of rotatable bonds is 2. The molecule has 1 aromatic heterocycles. The molecule has 1 heterocycles. The summed E-state index contributed by atoms with van der Waals surface area (Å²) in [6, 6.07) is 10.4. The van der Waals surface area contributed by atoms with Crippen molar-refractivity contribution in [2.45, 2.75) is 0 Å². The maximum atomic E-state index is 13.6. The molecular weight excluding hydrogens is 424 g/mol. The lowest BCUT2D eigenvalue weighted by Gasteiger charge is -2.03. The van der Waals surface area contributed by atoms with Crippen molar-refractivity contribution < 1.29 is 8.78 Å². The van der Waals surface area contributed by atoms with Crippen LogP contribution < -0.4 is 0 Å². The molecule has 106 valence electrons. The summed E-state index contributed by atoms with van der Waals surface area (Å²) >= 11 is 7.95. The minimum Gasteiger partial charge on any atom is -0.236 e. The minimum atomic E-state index is -0.898. The average Bonchev–Trinajstić information content (AvgIpc) is 2.95. The molecule has 0 saturated heterocycles. The summed E-state index contributed by atoms with van der Waals surface area (Å²) in [5.41, 5.74) is 2.29. The van der Waals surface area contributed by atoms with E-state index in [1.165, 1.54) is 17.4 Å². The number of hydrogen-bond acceptors (Lipinski definition) is 2. The third-order valence-corrected chi connectivity index (χ3v) is 5.26. The average molecular weight is 431 g/mol. The van der Waals surface area contributed by atoms with Crippen molar-refractivity contribution in [2.75, 3.05) is 0 Å². The molecule has 21 heavy (non-hydrogen) atoms. The van der Waals surface area contributed by atoms with E-state index in [0.717, 1.165) is 21.8 Å². The van der Waals surface area contributed by atoms with Crippen LogP contribution in [0, 0.1) is 11.6 Å². The van der Waals surface area contributed by atoms with Crippen LogP contribution in [0.2, 0.25) is 0 Å². The molecule has 2 aromatic carbocycles. The molecule has 0 bridgehead atoms. The maximum Gasteiger partial charge on any atom is 0.173 e. The van der Waals surface area contributed by atoms with Crippen molar-refractivity contribution in [2.24, 2.45) is 0 Å². The molecule has 3 rings (SSSR count). The van der Waals surface area contributed by atoms with E-state index in [0.29, 0.717) is 10.6 Å². The van der Waals surface area contributed by atoms with Gasteiger partial charge in [-0.3, -0.25) is 0 Å². The molecule has 0 atom stereocenters. The standard InChI is InChI=1S/C15H7Br2F2NS/c16-10-4-2-1-3-8(10)12-7-21-15(20-12)9-5-6-11(18)14(19)13(9)17/h1-7H. The van der Waals surface area contributed by atoms with Gasteiger partial charge in [0, 0.05) is 21.0 Å². The molecular formula is C15H7Br2F2NS. The molecule has 0 aliphatic carbocycles. The molecule has 0 radical (unpaired) electrons. The van der Waals surface area contributed by atoms with Crippen LogP contribution in [0.5, 0.6) is 0 Å². The highest BCUT2D eigenvalue weighted by Crippen LogP contribution is 2.36. The maximum absolute atomic E-state index is 13.6. The zero-order valence-corrected chi connectivity index (χ0v) is 14.4. The fourth-order valence-electron chi connectivity index (χ4n) is 1.88. The van der Waals surface area contributed by atoms with E-state index in [1.807, 2.05) is 29.6 Å². The van der Waals surface area contributed by atoms with Gasteiger partial charge in [0.15, 0.2) is 11.6 Å². The van der Waals surface area contributed by atoms with Crippen molar-refractivity contribution in [1.29, 1.82) is 0 Å². The first kappa shape index (κ1) is 14.8. The van der Waals surface area contributed by atoms with Crippen LogP contribution in [0.4, 0.5) is 8.78 Å². The Hall–Kier alpha value is -1.11. The molecule has 3 aromatic rings. The van der Waals surface area contributed by atoms with Crippen LogP contribution in [-0.4, -0.2) is 4.98 Å². The zero-order valence-electron chi connectivity index (χ0n) is 10.4. The summed E-state index contributed by atoms with van der Waals surface area (Å²) < 4.78 is 27.8. The number of benzene rings is 2. The Morgan fingerprint density at radius 2 is 1.71 bits per heavy atom. The summed E-state index contributed by atoms with van der Waals surface area (Å²) in [6.07, 6.45) is 0. The number of aromatic nitrogens is 1. The predicted octanol–water partition coefficient (Wildman–Crippen LogP) is 6.28. The third-order valence-electron chi connectivity index (χ3n) is 2.92. The molecule has 0 unspecified atom stereocenters. The van der Waals surface area contributed by atoms with E-state index in [4.69, 9.17) is 0 Å². The zero-order chi connectivity index (χ0) is 15.0. The summed E-state index contributed by atoms with van der Waals surface area (Å²) in [5.74, 6) is -1.78. The summed E-state index contributed by atoms with van der Waals surface area (Å²) in [7, 11) is 0. The second-order valence-corrected chi connectivity index (χ2v) is 6.75. The van der Waals surface area contributed by atoms with Gasteiger partial charge in [0.05, 0.1) is 10.2 Å². The second-order valence-electron chi connectivity index (χ2n) is 4.24. The van der Waals surface area contributed by atoms with Gasteiger partial charge < -0.3 is 0 Å². The highest BCUT2D eigenvalue weighted by atomic mass is 79.9. The van der Waals surface area contributed by atoms with Gasteiger partial charge in [-0.15, -0.1) is 11.3 Å². The van der Waals surface area contributed by atoms with Gasteiger partial charge in [0.2, 0.25) is 0 Å². The fraction of sp³-hybridized carbons (Fsp3) is 0. The number of nitrogens with zero attached hydrogens (tertiary/aromatic N) is 1. The predicted molar refractivity (Wildman–Crippen MR) is 88.3 cm³/mol. The van der Waals surface area contributed by atoms with Crippen molar-refractivity contribution in [3.05, 3.63) is 62.4 Å². The monoisotopic (exact) mass is 429 g/mol. The lowest BCUT2D eigenvalue weighted by molar-refractivity contribution is 0.505. The molecule has 0 fully saturated rings. The van der Waals surface area contributed by atoms with Gasteiger partial charge in [0.25, 0.3) is 0 Å². The smallest absolute Gasteiger partial charge is 0.173 e. The van der Waals surface area contributed by atoms with Crippen molar-refractivity contribution in [3.63, 3.8) is 0 Å². The Labute approximate surface area is 140 Å². The van der Waals surface area contributed by atoms with Crippen molar-refractivity contribution >= 4 is 43.2 Å². The van der Waals surface area contributed by atoms with E-state index in [1.54, 1.807) is 0 Å². The molecule has 0 amide bonds. The van der Waals surface area contributed by atoms with Gasteiger partial charge in [0.1, 0.15) is 5.01 Å². The second kappa shape index (κ2) is 5.94. The van der Waals surface area contributed by atoms with Crippen molar-refractivity contribution in [1.82, 2.24) is 4.98 Å². The molecule has 0 spiro atoms. The first-order valence-electron chi connectivity index (χ1n) is 5.92. The SMILES string of the molecule is Fc1ccc(-c2nc(-c3ccccc3Br)cs2)c(Br)c1F. The van der Waals surface area contributed by atoms with Crippen LogP contribution in [0.15, 0.2) is 50.7 Å². The van der Waals surface area contributed by atoms with Gasteiger partial charge in [-0.1, -0.05) is 34.1 Å². The summed E-state index contributed by atoms with van der Waals surface area (Å²) in [4.78, 5) is 4.51. The molecule has 1 nitrogen and oxygen atoms in total. The van der Waals surface area contributed by atoms with E-state index in [2.05, 4.69) is 36.8 Å². The molecule has 0 N–H and O–H groups in total. The van der Waals surface area contributed by atoms with Gasteiger partial charge in [-0.05, 0) is 34.1 Å². The first-order chi connectivity index (χ1) is 10.1. The van der Waals surface area contributed by atoms with E-state index in [-0.39, 0.29) is 4.47 Å². The highest BCUT2D eigenvalue weighted by Gasteiger charge is 2.16. The van der Waals surface area contributed by atoms with E-state index in [9.17, 15) is 8.78 Å². The quantitative estimate of drug-likeness (QED) is 0.436. The van der Waals surface area contributed by atoms with Crippen LogP contribution in [0.25, 0.3) is 21.8 Å². The van der Waals surface area contributed by atoms with Gasteiger partial charge in [-0.2, -0.15) is 0 Å².